The Labute approximate surface area is 405 Å². The van der Waals surface area contributed by atoms with Crippen LogP contribution < -0.4 is 16.8 Å². The third-order valence-corrected chi connectivity index (χ3v) is 15.5. The first kappa shape index (κ1) is 57.3. The fourth-order valence-electron chi connectivity index (χ4n) is 12.4. The molecule has 5 amide bonds. The van der Waals surface area contributed by atoms with Gasteiger partial charge in [-0.1, -0.05) is 0 Å². The number of carbonyl (C=O) groups excluding carboxylic acids is 5. The summed E-state index contributed by atoms with van der Waals surface area (Å²) in [5.74, 6) is -0.261. The molecule has 18 atom stereocenters. The van der Waals surface area contributed by atoms with E-state index in [0.29, 0.717) is 18.9 Å². The zero-order valence-corrected chi connectivity index (χ0v) is 44.4. The number of hydrogen-bond donors (Lipinski definition) is 7. The first-order valence-corrected chi connectivity index (χ1v) is 25.0. The average molecular weight is 967 g/mol. The summed E-state index contributed by atoms with van der Waals surface area (Å²) in [6, 6.07) is -2.24. The van der Waals surface area contributed by atoms with E-state index in [0.717, 1.165) is 25.7 Å². The Bertz CT molecular complexity index is 1710. The standard InChI is InChI=1S/C18H33N3O4.C18H32N2O5.C13H25N3O2/c1-10-8-9-18(21(10)16(24)25-17(5,6)7)13(4)20(15(18)23)14(11(2)19)12(3)22;1-10-8-9-18(20(10)16(24)25-17(5,6)7)13(4)19(15(18)23)14(11(2)21)12(3)22;1-7-5-6-13(15-7)10(4)16(12(13)18)11(8(2)14)9(3)17/h10-14,22H,8-9,19H2,1-7H3;10-14,21-22H,8-9H2,1-7H3;7-11,15,17H,5-6,14H2,1-4H3/t10?,11?,12-,13?,14-,18?;10?,11-,12?,13?,14?,18?;7?,8?,9-,10?,11-,13?/m111/s1. The topological polar surface area (TPSA) is 265 Å². The Morgan fingerprint density at radius 3 is 1.13 bits per heavy atom. The Kier molecular flexibility index (Phi) is 17.2. The minimum Gasteiger partial charge on any atom is -0.444 e. The molecule has 392 valence electrons. The third kappa shape index (κ3) is 10.1. The molecule has 3 spiro atoms. The van der Waals surface area contributed by atoms with Crippen molar-refractivity contribution in [2.24, 2.45) is 11.5 Å². The van der Waals surface area contributed by atoms with Crippen molar-refractivity contribution in [3.8, 4) is 0 Å². The number of nitrogens with zero attached hydrogens (tertiary/aromatic N) is 5. The Morgan fingerprint density at radius 1 is 0.559 bits per heavy atom. The van der Waals surface area contributed by atoms with Crippen LogP contribution in [0.3, 0.4) is 0 Å². The summed E-state index contributed by atoms with van der Waals surface area (Å²) in [4.78, 5) is 72.4. The van der Waals surface area contributed by atoms with Crippen molar-refractivity contribution in [2.45, 2.75) is 282 Å². The summed E-state index contributed by atoms with van der Waals surface area (Å²) >= 11 is 0. The summed E-state index contributed by atoms with van der Waals surface area (Å²) in [6.45, 7) is 32.7. The quantitative estimate of drug-likeness (QED) is 0.164. The number of hydrogen-bond acceptors (Lipinski definition) is 14. The van der Waals surface area contributed by atoms with Crippen molar-refractivity contribution in [1.29, 1.82) is 0 Å². The molecule has 0 aromatic carbocycles. The zero-order valence-electron chi connectivity index (χ0n) is 44.4. The molecule has 6 aliphatic heterocycles. The van der Waals surface area contributed by atoms with E-state index in [-0.39, 0.29) is 66.1 Å². The summed E-state index contributed by atoms with van der Waals surface area (Å²) in [6.07, 6.45) is 0.552. The molecular weight excluding hydrogens is 877 g/mol. The lowest BCUT2D eigenvalue weighted by molar-refractivity contribution is -0.188. The largest absolute Gasteiger partial charge is 0.444 e. The van der Waals surface area contributed by atoms with Gasteiger partial charge in [-0.25, -0.2) is 9.59 Å². The van der Waals surface area contributed by atoms with E-state index in [1.165, 1.54) is 4.90 Å². The molecule has 6 saturated heterocycles. The molecule has 0 aliphatic carbocycles. The molecule has 19 heteroatoms. The summed E-state index contributed by atoms with van der Waals surface area (Å²) < 4.78 is 11.1. The van der Waals surface area contributed by atoms with Crippen LogP contribution in [-0.2, 0) is 23.9 Å². The van der Waals surface area contributed by atoms with Gasteiger partial charge in [-0.05, 0) is 163 Å². The molecule has 6 heterocycles. The van der Waals surface area contributed by atoms with Crippen molar-refractivity contribution in [3.63, 3.8) is 0 Å². The molecule has 9 N–H and O–H groups in total. The summed E-state index contributed by atoms with van der Waals surface area (Å²) in [7, 11) is 0. The second-order valence-corrected chi connectivity index (χ2v) is 23.2. The molecule has 0 aromatic heterocycles. The van der Waals surface area contributed by atoms with Gasteiger partial charge in [0.25, 0.3) is 11.8 Å². The van der Waals surface area contributed by atoms with Crippen molar-refractivity contribution in [3.05, 3.63) is 0 Å². The predicted octanol–water partition coefficient (Wildman–Crippen LogP) is 2.80. The highest BCUT2D eigenvalue weighted by Gasteiger charge is 2.70. The van der Waals surface area contributed by atoms with Gasteiger partial charge in [-0.2, -0.15) is 0 Å². The Morgan fingerprint density at radius 2 is 0.882 bits per heavy atom. The van der Waals surface area contributed by atoms with E-state index >= 15 is 0 Å². The van der Waals surface area contributed by atoms with Crippen LogP contribution in [0.25, 0.3) is 0 Å². The number of nitrogens with two attached hydrogens (primary N) is 2. The molecule has 6 aliphatic rings. The van der Waals surface area contributed by atoms with E-state index < -0.39 is 76.5 Å². The summed E-state index contributed by atoms with van der Waals surface area (Å²) in [5, 5.41) is 43.4. The van der Waals surface area contributed by atoms with Gasteiger partial charge in [0, 0.05) is 30.2 Å². The van der Waals surface area contributed by atoms with Crippen molar-refractivity contribution < 1.29 is 53.9 Å². The fourth-order valence-corrected chi connectivity index (χ4v) is 12.4. The van der Waals surface area contributed by atoms with Gasteiger partial charge in [-0.3, -0.25) is 29.5 Å². The van der Waals surface area contributed by atoms with Crippen LogP contribution in [0.4, 0.5) is 9.59 Å². The maximum atomic E-state index is 13.2. The number of likely N-dealkylation sites (tertiary alicyclic amines) is 5. The van der Waals surface area contributed by atoms with Gasteiger partial charge in [0.05, 0.1) is 60.7 Å². The SMILES string of the molecule is CC(N)[C@H]([C@@H](C)O)N1C(=O)C2(CCC(C)N2C(=O)OC(C)(C)C)C1C.CC(O)C([C@@H](C)O)N1C(=O)C2(CCC(C)N2C(=O)OC(C)(C)C)C1C.CC1CCC2(N1)C(=O)N([C@H](C(C)N)[C@@H](C)O)C2C. The highest BCUT2D eigenvalue weighted by atomic mass is 16.6. The maximum absolute atomic E-state index is 13.2. The van der Waals surface area contributed by atoms with Gasteiger partial charge in [-0.15, -0.1) is 0 Å². The van der Waals surface area contributed by atoms with Crippen LogP contribution in [-0.4, -0.2) is 194 Å². The van der Waals surface area contributed by atoms with Crippen molar-refractivity contribution in [2.75, 3.05) is 0 Å². The van der Waals surface area contributed by atoms with Crippen LogP contribution in [0.1, 0.15) is 163 Å². The monoisotopic (exact) mass is 967 g/mol. The number of rotatable bonds is 9. The van der Waals surface area contributed by atoms with Gasteiger partial charge < -0.3 is 56.1 Å². The number of amides is 5. The number of aliphatic hydroxyl groups excluding tert-OH is 4. The van der Waals surface area contributed by atoms with Crippen LogP contribution >= 0.6 is 0 Å². The van der Waals surface area contributed by atoms with Gasteiger partial charge in [0.1, 0.15) is 27.8 Å². The number of nitrogens with one attached hydrogen (secondary N) is 1. The van der Waals surface area contributed by atoms with Crippen LogP contribution in [0.2, 0.25) is 0 Å². The molecule has 6 fully saturated rings. The zero-order chi connectivity index (χ0) is 52.3. The minimum absolute atomic E-state index is 0.0660. The van der Waals surface area contributed by atoms with Gasteiger partial charge in [0.15, 0.2) is 0 Å². The minimum atomic E-state index is -0.941. The van der Waals surface area contributed by atoms with E-state index in [9.17, 15) is 44.4 Å². The number of aliphatic hydroxyl groups is 4. The third-order valence-electron chi connectivity index (χ3n) is 15.5. The highest BCUT2D eigenvalue weighted by molar-refractivity contribution is 5.99. The number of ether oxygens (including phenoxy) is 2. The smallest absolute Gasteiger partial charge is 0.411 e. The first-order chi connectivity index (χ1) is 31.0. The van der Waals surface area contributed by atoms with Crippen LogP contribution in [0.5, 0.6) is 0 Å². The predicted molar refractivity (Wildman–Crippen MR) is 258 cm³/mol. The lowest BCUT2D eigenvalue weighted by Gasteiger charge is -2.60. The van der Waals surface area contributed by atoms with Gasteiger partial charge >= 0.3 is 12.2 Å². The van der Waals surface area contributed by atoms with Gasteiger partial charge in [0.2, 0.25) is 5.91 Å². The molecule has 13 unspecified atom stereocenters. The Hall–Kier alpha value is -3.33. The lowest BCUT2D eigenvalue weighted by Crippen LogP contribution is -2.82. The second kappa shape index (κ2) is 20.4. The van der Waals surface area contributed by atoms with E-state index in [2.05, 4.69) is 12.2 Å². The fraction of sp³-hybridized carbons (Fsp3) is 0.898. The lowest BCUT2D eigenvalue weighted by atomic mass is 9.75. The molecule has 0 bridgehead atoms. The molecular formula is C49H90N8O11. The number of carbonyl (C=O) groups is 5. The van der Waals surface area contributed by atoms with Crippen molar-refractivity contribution >= 4 is 29.9 Å². The van der Waals surface area contributed by atoms with Crippen LogP contribution in [0, 0.1) is 0 Å². The molecule has 68 heavy (non-hydrogen) atoms. The maximum Gasteiger partial charge on any atom is 0.411 e. The molecule has 19 nitrogen and oxygen atoms in total. The van der Waals surface area contributed by atoms with E-state index in [1.807, 2.05) is 62.3 Å². The molecule has 0 radical (unpaired) electrons. The Balaban J connectivity index is 0.000000226. The highest BCUT2D eigenvalue weighted by Crippen LogP contribution is 2.50. The normalized spacial score (nSPS) is 35.2. The van der Waals surface area contributed by atoms with E-state index in [1.54, 1.807) is 75.0 Å². The van der Waals surface area contributed by atoms with Crippen LogP contribution in [0.15, 0.2) is 0 Å². The number of β-lactam (4-membered cyclic amide) rings is 3. The molecule has 0 saturated carbocycles. The average Bonchev–Trinajstić information content (AvgIpc) is 3.90. The summed E-state index contributed by atoms with van der Waals surface area (Å²) in [5.41, 5.74) is 8.43. The second-order valence-electron chi connectivity index (χ2n) is 23.2. The molecule has 6 rings (SSSR count). The van der Waals surface area contributed by atoms with Crippen molar-refractivity contribution in [1.82, 2.24) is 29.8 Å². The molecule has 0 aromatic rings. The van der Waals surface area contributed by atoms with E-state index in [4.69, 9.17) is 20.9 Å². The first-order valence-electron chi connectivity index (χ1n) is 25.0.